The maximum Gasteiger partial charge on any atom is 0.407 e. The Morgan fingerprint density at radius 1 is 1.12 bits per heavy atom. The van der Waals surface area contributed by atoms with Crippen LogP contribution in [0.5, 0.6) is 0 Å². The number of benzene rings is 1. The molecule has 3 rings (SSSR count). The van der Waals surface area contributed by atoms with E-state index in [2.05, 4.69) is 10.6 Å². The third-order valence-electron chi connectivity index (χ3n) is 5.21. The van der Waals surface area contributed by atoms with Gasteiger partial charge in [-0.3, -0.25) is 0 Å². The van der Waals surface area contributed by atoms with Crippen molar-refractivity contribution in [3.8, 4) is 0 Å². The maximum absolute atomic E-state index is 11.8. The Bertz CT molecular complexity index is 517. The number of alkyl carbamates (subject to hydrolysis) is 1. The highest BCUT2D eigenvalue weighted by Gasteiger charge is 2.32. The second-order valence-electron chi connectivity index (χ2n) is 7.09. The molecule has 1 amide bonds. The normalized spacial score (nSPS) is 29.5. The van der Waals surface area contributed by atoms with Crippen molar-refractivity contribution in [1.29, 1.82) is 0 Å². The summed E-state index contributed by atoms with van der Waals surface area (Å²) in [5.74, 6) is 0.390. The Kier molecular flexibility index (Phi) is 6.10. The van der Waals surface area contributed by atoms with Gasteiger partial charge in [-0.15, -0.1) is 0 Å². The largest absolute Gasteiger partial charge is 0.445 e. The summed E-state index contributed by atoms with van der Waals surface area (Å²) in [7, 11) is 0. The fourth-order valence-electron chi connectivity index (χ4n) is 3.58. The summed E-state index contributed by atoms with van der Waals surface area (Å²) >= 11 is 0. The molecule has 5 nitrogen and oxygen atoms in total. The van der Waals surface area contributed by atoms with E-state index in [1.807, 2.05) is 30.3 Å². The van der Waals surface area contributed by atoms with Gasteiger partial charge in [-0.1, -0.05) is 43.2 Å². The number of carbonyl (C=O) groups is 1. The molecule has 2 aliphatic rings. The predicted octanol–water partition coefficient (Wildman–Crippen LogP) is 2.58. The average molecular weight is 332 g/mol. The SMILES string of the molecule is O=C(NC1CC(NCC2CCCCC2O)C1)OCc1ccccc1. The van der Waals surface area contributed by atoms with Gasteiger partial charge in [0.15, 0.2) is 0 Å². The van der Waals surface area contributed by atoms with Gasteiger partial charge < -0.3 is 20.5 Å². The topological polar surface area (TPSA) is 70.6 Å². The van der Waals surface area contributed by atoms with Crippen LogP contribution < -0.4 is 10.6 Å². The molecule has 132 valence electrons. The zero-order valence-electron chi connectivity index (χ0n) is 14.1. The molecule has 2 fully saturated rings. The Balaban J connectivity index is 1.27. The Labute approximate surface area is 143 Å². The molecule has 0 aromatic heterocycles. The van der Waals surface area contributed by atoms with E-state index >= 15 is 0 Å². The van der Waals surface area contributed by atoms with Crippen LogP contribution in [0.25, 0.3) is 0 Å². The number of amides is 1. The minimum Gasteiger partial charge on any atom is -0.445 e. The van der Waals surface area contributed by atoms with E-state index in [0.29, 0.717) is 18.6 Å². The molecule has 2 aliphatic carbocycles. The van der Waals surface area contributed by atoms with E-state index in [9.17, 15) is 9.90 Å². The van der Waals surface area contributed by atoms with Gasteiger partial charge in [0.2, 0.25) is 0 Å². The van der Waals surface area contributed by atoms with Crippen LogP contribution in [-0.2, 0) is 11.3 Å². The van der Waals surface area contributed by atoms with Crippen molar-refractivity contribution in [3.05, 3.63) is 35.9 Å². The van der Waals surface area contributed by atoms with Gasteiger partial charge in [-0.2, -0.15) is 0 Å². The van der Waals surface area contributed by atoms with E-state index in [-0.39, 0.29) is 18.2 Å². The first-order valence-electron chi connectivity index (χ1n) is 9.09. The third-order valence-corrected chi connectivity index (χ3v) is 5.21. The lowest BCUT2D eigenvalue weighted by molar-refractivity contribution is 0.0647. The number of hydrogen-bond acceptors (Lipinski definition) is 4. The van der Waals surface area contributed by atoms with Crippen molar-refractivity contribution < 1.29 is 14.6 Å². The summed E-state index contributed by atoms with van der Waals surface area (Å²) in [6.45, 7) is 1.19. The number of nitrogens with one attached hydrogen (secondary N) is 2. The van der Waals surface area contributed by atoms with Crippen molar-refractivity contribution >= 4 is 6.09 Å². The van der Waals surface area contributed by atoms with Crippen molar-refractivity contribution in [2.24, 2.45) is 5.92 Å². The second-order valence-corrected chi connectivity index (χ2v) is 7.09. The molecular formula is C19H28N2O3. The minimum absolute atomic E-state index is 0.145. The fraction of sp³-hybridized carbons (Fsp3) is 0.632. The van der Waals surface area contributed by atoms with Gasteiger partial charge in [-0.25, -0.2) is 4.79 Å². The lowest BCUT2D eigenvalue weighted by Crippen LogP contribution is -2.53. The molecule has 0 heterocycles. The number of carbonyl (C=O) groups excluding carboxylic acids is 1. The number of hydrogen-bond donors (Lipinski definition) is 3. The van der Waals surface area contributed by atoms with E-state index in [4.69, 9.17) is 4.74 Å². The zero-order chi connectivity index (χ0) is 16.8. The standard InChI is InChI=1S/C19H28N2O3/c22-18-9-5-4-8-15(18)12-20-16-10-17(11-16)21-19(23)24-13-14-6-2-1-3-7-14/h1-3,6-7,15-18,20,22H,4-5,8-13H2,(H,21,23). The van der Waals surface area contributed by atoms with Crippen molar-refractivity contribution in [3.63, 3.8) is 0 Å². The summed E-state index contributed by atoms with van der Waals surface area (Å²) in [5, 5.41) is 16.4. The molecule has 24 heavy (non-hydrogen) atoms. The Hall–Kier alpha value is -1.59. The molecule has 3 N–H and O–H groups in total. The van der Waals surface area contributed by atoms with Crippen LogP contribution >= 0.6 is 0 Å². The monoisotopic (exact) mass is 332 g/mol. The molecule has 0 spiro atoms. The molecular weight excluding hydrogens is 304 g/mol. The smallest absolute Gasteiger partial charge is 0.407 e. The number of aliphatic hydroxyl groups excluding tert-OH is 1. The van der Waals surface area contributed by atoms with Crippen LogP contribution in [0, 0.1) is 5.92 Å². The lowest BCUT2D eigenvalue weighted by Gasteiger charge is -2.38. The summed E-state index contributed by atoms with van der Waals surface area (Å²) in [6, 6.07) is 10.3. The van der Waals surface area contributed by atoms with E-state index < -0.39 is 0 Å². The molecule has 2 atom stereocenters. The molecule has 5 heteroatoms. The minimum atomic E-state index is -0.343. The van der Waals surface area contributed by atoms with Crippen LogP contribution in [0.2, 0.25) is 0 Å². The number of ether oxygens (including phenoxy) is 1. The van der Waals surface area contributed by atoms with Gasteiger partial charge in [0.25, 0.3) is 0 Å². The van der Waals surface area contributed by atoms with Crippen molar-refractivity contribution in [2.75, 3.05) is 6.54 Å². The molecule has 1 aromatic carbocycles. The van der Waals surface area contributed by atoms with Crippen LogP contribution in [0.15, 0.2) is 30.3 Å². The highest BCUT2D eigenvalue weighted by molar-refractivity contribution is 5.67. The summed E-state index contributed by atoms with van der Waals surface area (Å²) in [5.41, 5.74) is 0.992. The fourth-order valence-corrected chi connectivity index (χ4v) is 3.58. The summed E-state index contributed by atoms with van der Waals surface area (Å²) < 4.78 is 5.24. The first-order chi connectivity index (χ1) is 11.7. The zero-order valence-corrected chi connectivity index (χ0v) is 14.1. The van der Waals surface area contributed by atoms with Crippen LogP contribution in [-0.4, -0.2) is 35.9 Å². The van der Waals surface area contributed by atoms with Gasteiger partial charge in [0.1, 0.15) is 6.61 Å². The van der Waals surface area contributed by atoms with E-state index in [1.54, 1.807) is 0 Å². The molecule has 0 radical (unpaired) electrons. The lowest BCUT2D eigenvalue weighted by atomic mass is 9.84. The quantitative estimate of drug-likeness (QED) is 0.749. The van der Waals surface area contributed by atoms with Crippen molar-refractivity contribution in [2.45, 2.75) is 63.3 Å². The maximum atomic E-state index is 11.8. The first kappa shape index (κ1) is 17.2. The summed E-state index contributed by atoms with van der Waals surface area (Å²) in [4.78, 5) is 11.8. The highest BCUT2D eigenvalue weighted by Crippen LogP contribution is 2.25. The van der Waals surface area contributed by atoms with Gasteiger partial charge in [-0.05, 0) is 37.2 Å². The molecule has 0 saturated heterocycles. The number of aliphatic hydroxyl groups is 1. The molecule has 2 saturated carbocycles. The van der Waals surface area contributed by atoms with Crippen LogP contribution in [0.1, 0.15) is 44.1 Å². The summed E-state index contributed by atoms with van der Waals surface area (Å²) in [6.07, 6.45) is 5.82. The van der Waals surface area contributed by atoms with Gasteiger partial charge in [0.05, 0.1) is 6.10 Å². The van der Waals surface area contributed by atoms with Crippen LogP contribution in [0.4, 0.5) is 4.79 Å². The Morgan fingerprint density at radius 2 is 1.88 bits per heavy atom. The highest BCUT2D eigenvalue weighted by atomic mass is 16.5. The Morgan fingerprint density at radius 3 is 2.62 bits per heavy atom. The van der Waals surface area contributed by atoms with Crippen molar-refractivity contribution in [1.82, 2.24) is 10.6 Å². The molecule has 2 unspecified atom stereocenters. The van der Waals surface area contributed by atoms with Crippen LogP contribution in [0.3, 0.4) is 0 Å². The first-order valence-corrected chi connectivity index (χ1v) is 9.09. The number of rotatable bonds is 6. The predicted molar refractivity (Wildman–Crippen MR) is 92.5 cm³/mol. The second kappa shape index (κ2) is 8.49. The van der Waals surface area contributed by atoms with Gasteiger partial charge in [0, 0.05) is 18.6 Å². The van der Waals surface area contributed by atoms with Gasteiger partial charge >= 0.3 is 6.09 Å². The third kappa shape index (κ3) is 4.95. The van der Waals surface area contributed by atoms with E-state index in [0.717, 1.165) is 44.2 Å². The molecule has 1 aromatic rings. The van der Waals surface area contributed by atoms with E-state index in [1.165, 1.54) is 6.42 Å². The molecule has 0 aliphatic heterocycles. The molecule has 0 bridgehead atoms. The average Bonchev–Trinajstić information content (AvgIpc) is 2.57.